The number of nitrogens with zero attached hydrogens (tertiary/aromatic N) is 3. The Bertz CT molecular complexity index is 407. The molecule has 2 aliphatic heterocycles. The van der Waals surface area contributed by atoms with Gasteiger partial charge in [-0.2, -0.15) is 0 Å². The molecular weight excluding hydrogens is 226 g/mol. The molecule has 1 saturated heterocycles. The number of hydrogen-bond donors (Lipinski definition) is 1. The second-order valence-electron chi connectivity index (χ2n) is 5.79. The van der Waals surface area contributed by atoms with Gasteiger partial charge in [0.25, 0.3) is 0 Å². The number of aromatic nitrogens is 2. The van der Waals surface area contributed by atoms with Crippen molar-refractivity contribution in [3.63, 3.8) is 0 Å². The maximum absolute atomic E-state index is 9.44. The van der Waals surface area contributed by atoms with Crippen molar-refractivity contribution < 1.29 is 5.11 Å². The fraction of sp³-hybridized carbons (Fsp3) is 0.786. The van der Waals surface area contributed by atoms with Crippen molar-refractivity contribution in [2.45, 2.75) is 44.1 Å². The molecule has 0 bridgehead atoms. The zero-order valence-corrected chi connectivity index (χ0v) is 11.2. The summed E-state index contributed by atoms with van der Waals surface area (Å²) in [5.41, 5.74) is 1.26. The van der Waals surface area contributed by atoms with Crippen molar-refractivity contribution in [3.05, 3.63) is 17.7 Å². The highest BCUT2D eigenvalue weighted by Gasteiger charge is 2.27. The van der Waals surface area contributed by atoms with E-state index in [-0.39, 0.29) is 6.61 Å². The van der Waals surface area contributed by atoms with Crippen LogP contribution in [0.5, 0.6) is 0 Å². The molecule has 18 heavy (non-hydrogen) atoms. The Morgan fingerprint density at radius 1 is 1.28 bits per heavy atom. The smallest absolute Gasteiger partial charge is 0.112 e. The van der Waals surface area contributed by atoms with E-state index in [4.69, 9.17) is 0 Å². The summed E-state index contributed by atoms with van der Waals surface area (Å²) in [5.74, 6) is 2.20. The van der Waals surface area contributed by atoms with Gasteiger partial charge >= 0.3 is 0 Å². The number of aliphatic hydroxyl groups excluding tert-OH is 1. The first kappa shape index (κ1) is 12.2. The van der Waals surface area contributed by atoms with Gasteiger partial charge < -0.3 is 14.6 Å². The van der Waals surface area contributed by atoms with Crippen LogP contribution in [0.3, 0.4) is 0 Å². The van der Waals surface area contributed by atoms with Gasteiger partial charge in [-0.1, -0.05) is 0 Å². The van der Waals surface area contributed by atoms with Gasteiger partial charge in [0, 0.05) is 30.3 Å². The number of likely N-dealkylation sites (tertiary alicyclic amines) is 1. The van der Waals surface area contributed by atoms with Crippen LogP contribution in [0.25, 0.3) is 0 Å². The number of rotatable bonds is 2. The molecule has 1 unspecified atom stereocenters. The SMILES string of the molecule is CN1CCC(c2ncc3n2CCCC3CO)CC1. The first-order chi connectivity index (χ1) is 8.79. The fourth-order valence-electron chi connectivity index (χ4n) is 3.39. The quantitative estimate of drug-likeness (QED) is 0.865. The first-order valence-corrected chi connectivity index (χ1v) is 7.14. The van der Waals surface area contributed by atoms with Crippen LogP contribution in [0.15, 0.2) is 6.20 Å². The Balaban J connectivity index is 1.83. The van der Waals surface area contributed by atoms with Crippen molar-refractivity contribution in [2.24, 2.45) is 0 Å². The van der Waals surface area contributed by atoms with E-state index in [0.717, 1.165) is 13.0 Å². The van der Waals surface area contributed by atoms with Crippen LogP contribution in [-0.4, -0.2) is 46.3 Å². The van der Waals surface area contributed by atoms with E-state index >= 15 is 0 Å². The molecule has 1 atom stereocenters. The van der Waals surface area contributed by atoms with Gasteiger partial charge in [0.15, 0.2) is 0 Å². The molecule has 1 aromatic rings. The lowest BCUT2D eigenvalue weighted by Crippen LogP contribution is -2.31. The maximum atomic E-state index is 9.44. The second kappa shape index (κ2) is 5.02. The minimum absolute atomic E-state index is 0.262. The number of fused-ring (bicyclic) bond motifs is 1. The summed E-state index contributed by atoms with van der Waals surface area (Å²) >= 11 is 0. The number of aliphatic hydroxyl groups is 1. The standard InChI is InChI=1S/C14H23N3O/c1-16-7-4-11(5-8-16)14-15-9-13-12(10-18)3-2-6-17(13)14/h9,11-12,18H,2-8,10H2,1H3. The van der Waals surface area contributed by atoms with Crippen molar-refractivity contribution in [1.82, 2.24) is 14.5 Å². The van der Waals surface area contributed by atoms with Gasteiger partial charge in [-0.25, -0.2) is 4.98 Å². The van der Waals surface area contributed by atoms with Crippen molar-refractivity contribution in [2.75, 3.05) is 26.7 Å². The lowest BCUT2D eigenvalue weighted by molar-refractivity contribution is 0.232. The van der Waals surface area contributed by atoms with Gasteiger partial charge in [0.1, 0.15) is 5.82 Å². The van der Waals surface area contributed by atoms with E-state index < -0.39 is 0 Å². The topological polar surface area (TPSA) is 41.3 Å². The van der Waals surface area contributed by atoms with Gasteiger partial charge in [-0.05, 0) is 45.8 Å². The molecule has 0 spiro atoms. The van der Waals surface area contributed by atoms with E-state index in [1.165, 1.54) is 43.9 Å². The molecule has 3 rings (SSSR count). The van der Waals surface area contributed by atoms with E-state index in [9.17, 15) is 5.11 Å². The monoisotopic (exact) mass is 249 g/mol. The Morgan fingerprint density at radius 2 is 2.06 bits per heavy atom. The Morgan fingerprint density at radius 3 is 2.78 bits per heavy atom. The zero-order valence-electron chi connectivity index (χ0n) is 11.2. The molecule has 0 aromatic carbocycles. The average Bonchev–Trinajstić information content (AvgIpc) is 2.83. The van der Waals surface area contributed by atoms with E-state index in [0.29, 0.717) is 11.8 Å². The Labute approximate surface area is 109 Å². The summed E-state index contributed by atoms with van der Waals surface area (Å²) in [5, 5.41) is 9.44. The van der Waals surface area contributed by atoms with Crippen LogP contribution in [-0.2, 0) is 6.54 Å². The third-order valence-electron chi connectivity index (χ3n) is 4.57. The summed E-state index contributed by atoms with van der Waals surface area (Å²) in [4.78, 5) is 7.07. The van der Waals surface area contributed by atoms with Gasteiger partial charge in [0.2, 0.25) is 0 Å². The van der Waals surface area contributed by atoms with Crippen LogP contribution >= 0.6 is 0 Å². The number of imidazole rings is 1. The van der Waals surface area contributed by atoms with Crippen molar-refractivity contribution in [3.8, 4) is 0 Å². The highest BCUT2D eigenvalue weighted by molar-refractivity contribution is 5.16. The van der Waals surface area contributed by atoms with Crippen molar-refractivity contribution in [1.29, 1.82) is 0 Å². The van der Waals surface area contributed by atoms with E-state index in [1.54, 1.807) is 0 Å². The van der Waals surface area contributed by atoms with E-state index in [2.05, 4.69) is 21.5 Å². The minimum Gasteiger partial charge on any atom is -0.396 e. The summed E-state index contributed by atoms with van der Waals surface area (Å²) in [7, 11) is 2.19. The molecule has 0 saturated carbocycles. The highest BCUT2D eigenvalue weighted by atomic mass is 16.3. The summed E-state index contributed by atoms with van der Waals surface area (Å²) < 4.78 is 2.39. The first-order valence-electron chi connectivity index (χ1n) is 7.14. The fourth-order valence-corrected chi connectivity index (χ4v) is 3.39. The number of piperidine rings is 1. The van der Waals surface area contributed by atoms with E-state index in [1.807, 2.05) is 6.20 Å². The number of hydrogen-bond acceptors (Lipinski definition) is 3. The second-order valence-corrected chi connectivity index (χ2v) is 5.79. The van der Waals surface area contributed by atoms with Crippen LogP contribution in [0, 0.1) is 0 Å². The molecule has 100 valence electrons. The van der Waals surface area contributed by atoms with Crippen LogP contribution in [0.4, 0.5) is 0 Å². The normalized spacial score (nSPS) is 26.2. The molecule has 4 nitrogen and oxygen atoms in total. The lowest BCUT2D eigenvalue weighted by atomic mass is 9.94. The molecule has 1 aromatic heterocycles. The van der Waals surface area contributed by atoms with Gasteiger partial charge in [0.05, 0.1) is 6.61 Å². The Kier molecular flexibility index (Phi) is 3.39. The largest absolute Gasteiger partial charge is 0.396 e. The van der Waals surface area contributed by atoms with Gasteiger partial charge in [-0.15, -0.1) is 0 Å². The predicted molar refractivity (Wildman–Crippen MR) is 70.8 cm³/mol. The molecule has 0 radical (unpaired) electrons. The Hall–Kier alpha value is -0.870. The highest BCUT2D eigenvalue weighted by Crippen LogP contribution is 2.33. The lowest BCUT2D eigenvalue weighted by Gasteiger charge is -2.30. The van der Waals surface area contributed by atoms with Crippen LogP contribution in [0.1, 0.15) is 49.0 Å². The molecule has 2 aliphatic rings. The molecule has 1 fully saturated rings. The summed E-state index contributed by atoms with van der Waals surface area (Å²) in [6.07, 6.45) is 6.73. The molecular formula is C14H23N3O. The third-order valence-corrected chi connectivity index (χ3v) is 4.57. The van der Waals surface area contributed by atoms with Gasteiger partial charge in [-0.3, -0.25) is 0 Å². The molecule has 0 amide bonds. The predicted octanol–water partition coefficient (Wildman–Crippen LogP) is 1.56. The minimum atomic E-state index is 0.262. The third kappa shape index (κ3) is 2.08. The molecule has 0 aliphatic carbocycles. The molecule has 4 heteroatoms. The average molecular weight is 249 g/mol. The van der Waals surface area contributed by atoms with Crippen LogP contribution < -0.4 is 0 Å². The summed E-state index contributed by atoms with van der Waals surface area (Å²) in [6, 6.07) is 0. The molecule has 1 N–H and O–H groups in total. The zero-order chi connectivity index (χ0) is 12.5. The van der Waals surface area contributed by atoms with Crippen molar-refractivity contribution >= 4 is 0 Å². The summed E-state index contributed by atoms with van der Waals surface area (Å²) in [6.45, 7) is 3.71. The van der Waals surface area contributed by atoms with Crippen LogP contribution in [0.2, 0.25) is 0 Å². The molecule has 3 heterocycles. The maximum Gasteiger partial charge on any atom is 0.112 e.